The van der Waals surface area contributed by atoms with Crippen LogP contribution in [0.1, 0.15) is 37.3 Å². The summed E-state index contributed by atoms with van der Waals surface area (Å²) in [6.07, 6.45) is 4.03. The van der Waals surface area contributed by atoms with Crippen molar-refractivity contribution in [1.29, 1.82) is 0 Å². The molecule has 1 aliphatic rings. The summed E-state index contributed by atoms with van der Waals surface area (Å²) in [6.45, 7) is 6.49. The predicted octanol–water partition coefficient (Wildman–Crippen LogP) is 2.96. The van der Waals surface area contributed by atoms with Gasteiger partial charge in [-0.15, -0.1) is 0 Å². The highest BCUT2D eigenvalue weighted by Crippen LogP contribution is 2.22. The second-order valence-corrected chi connectivity index (χ2v) is 6.93. The van der Waals surface area contributed by atoms with Crippen LogP contribution >= 0.6 is 0 Å². The molecular formula is C20H32N2O2. The molecular weight excluding hydrogens is 300 g/mol. The molecule has 4 heteroatoms. The van der Waals surface area contributed by atoms with Gasteiger partial charge >= 0.3 is 0 Å². The van der Waals surface area contributed by atoms with Crippen LogP contribution in [0.5, 0.6) is 0 Å². The largest absolute Gasteiger partial charge is 0.383 e. The van der Waals surface area contributed by atoms with Gasteiger partial charge in [0, 0.05) is 39.7 Å². The first-order valence-corrected chi connectivity index (χ1v) is 9.15. The van der Waals surface area contributed by atoms with E-state index >= 15 is 0 Å². The Labute approximate surface area is 146 Å². The second kappa shape index (κ2) is 9.80. The van der Waals surface area contributed by atoms with Gasteiger partial charge in [-0.2, -0.15) is 0 Å². The van der Waals surface area contributed by atoms with Crippen molar-refractivity contribution in [1.82, 2.24) is 9.80 Å². The molecule has 0 saturated carbocycles. The van der Waals surface area contributed by atoms with Crippen molar-refractivity contribution < 1.29 is 9.53 Å². The van der Waals surface area contributed by atoms with Gasteiger partial charge in [0.2, 0.25) is 5.91 Å². The van der Waals surface area contributed by atoms with Gasteiger partial charge in [0.25, 0.3) is 0 Å². The highest BCUT2D eigenvalue weighted by molar-refractivity contribution is 5.75. The zero-order valence-electron chi connectivity index (χ0n) is 15.5. The maximum absolute atomic E-state index is 11.7. The van der Waals surface area contributed by atoms with Gasteiger partial charge in [-0.3, -0.25) is 9.69 Å². The molecule has 0 bridgehead atoms. The van der Waals surface area contributed by atoms with E-state index in [1.807, 2.05) is 11.8 Å². The quantitative estimate of drug-likeness (QED) is 0.734. The van der Waals surface area contributed by atoms with E-state index in [2.05, 4.69) is 36.2 Å². The number of hydrogen-bond acceptors (Lipinski definition) is 3. The summed E-state index contributed by atoms with van der Waals surface area (Å²) in [5.74, 6) is 1.01. The number of carbonyl (C=O) groups is 1. The number of likely N-dealkylation sites (N-methyl/N-ethyl adjacent to an activating group) is 1. The fraction of sp³-hybridized carbons (Fsp3) is 0.650. The first-order valence-electron chi connectivity index (χ1n) is 9.15. The number of rotatable bonds is 8. The summed E-state index contributed by atoms with van der Waals surface area (Å²) < 4.78 is 5.12. The lowest BCUT2D eigenvalue weighted by atomic mass is 9.90. The lowest BCUT2D eigenvalue weighted by Gasteiger charge is -2.32. The summed E-state index contributed by atoms with van der Waals surface area (Å²) in [4.78, 5) is 16.0. The number of amides is 1. The molecule has 1 aromatic carbocycles. The third-order valence-electron chi connectivity index (χ3n) is 4.95. The van der Waals surface area contributed by atoms with Crippen molar-refractivity contribution in [2.24, 2.45) is 5.92 Å². The van der Waals surface area contributed by atoms with Crippen LogP contribution in [-0.4, -0.2) is 56.1 Å². The molecule has 0 N–H and O–H groups in total. The molecule has 1 heterocycles. The minimum absolute atomic E-state index is 0.301. The Morgan fingerprint density at radius 1 is 1.21 bits per heavy atom. The van der Waals surface area contributed by atoms with E-state index in [1.165, 1.54) is 11.1 Å². The molecule has 4 nitrogen and oxygen atoms in total. The van der Waals surface area contributed by atoms with Crippen molar-refractivity contribution in [3.63, 3.8) is 0 Å². The summed E-state index contributed by atoms with van der Waals surface area (Å²) in [5, 5.41) is 0. The lowest BCUT2D eigenvalue weighted by molar-refractivity contribution is -0.132. The Morgan fingerprint density at radius 3 is 2.42 bits per heavy atom. The topological polar surface area (TPSA) is 32.8 Å². The van der Waals surface area contributed by atoms with E-state index in [-0.39, 0.29) is 0 Å². The monoisotopic (exact) mass is 332 g/mol. The molecule has 0 spiro atoms. The first kappa shape index (κ1) is 18.9. The maximum atomic E-state index is 11.7. The summed E-state index contributed by atoms with van der Waals surface area (Å²) in [6, 6.07) is 9.02. The third kappa shape index (κ3) is 5.91. The van der Waals surface area contributed by atoms with Crippen LogP contribution in [0.15, 0.2) is 24.3 Å². The number of benzene rings is 1. The van der Waals surface area contributed by atoms with Crippen LogP contribution in [0, 0.1) is 5.92 Å². The Balaban J connectivity index is 1.77. The molecule has 0 unspecified atom stereocenters. The molecule has 1 aliphatic heterocycles. The van der Waals surface area contributed by atoms with Crippen molar-refractivity contribution in [3.05, 3.63) is 35.4 Å². The zero-order valence-corrected chi connectivity index (χ0v) is 15.5. The van der Waals surface area contributed by atoms with E-state index in [0.29, 0.717) is 18.2 Å². The average molecular weight is 332 g/mol. The fourth-order valence-corrected chi connectivity index (χ4v) is 3.36. The van der Waals surface area contributed by atoms with Crippen molar-refractivity contribution >= 4 is 5.91 Å². The van der Waals surface area contributed by atoms with Gasteiger partial charge in [-0.05, 0) is 43.4 Å². The third-order valence-corrected chi connectivity index (χ3v) is 4.95. The van der Waals surface area contributed by atoms with Crippen LogP contribution < -0.4 is 0 Å². The van der Waals surface area contributed by atoms with Crippen LogP contribution in [0.3, 0.4) is 0 Å². The van der Waals surface area contributed by atoms with E-state index in [4.69, 9.17) is 4.74 Å². The van der Waals surface area contributed by atoms with Gasteiger partial charge in [-0.25, -0.2) is 0 Å². The highest BCUT2D eigenvalue weighted by Gasteiger charge is 2.21. The second-order valence-electron chi connectivity index (χ2n) is 6.93. The van der Waals surface area contributed by atoms with Gasteiger partial charge in [0.05, 0.1) is 6.61 Å². The molecule has 0 radical (unpaired) electrons. The molecule has 2 rings (SSSR count). The van der Waals surface area contributed by atoms with Crippen LogP contribution in [0.25, 0.3) is 0 Å². The number of piperidine rings is 1. The molecule has 0 atom stereocenters. The molecule has 1 amide bonds. The number of likely N-dealkylation sites (tertiary alicyclic amines) is 1. The number of nitrogens with zero attached hydrogens (tertiary/aromatic N) is 2. The fourth-order valence-electron chi connectivity index (χ4n) is 3.36. The minimum atomic E-state index is 0.301. The molecule has 1 aromatic rings. The van der Waals surface area contributed by atoms with Gasteiger partial charge < -0.3 is 9.64 Å². The maximum Gasteiger partial charge on any atom is 0.222 e. The van der Waals surface area contributed by atoms with Gasteiger partial charge in [0.1, 0.15) is 0 Å². The number of hydrogen-bond donors (Lipinski definition) is 0. The van der Waals surface area contributed by atoms with E-state index < -0.39 is 0 Å². The minimum Gasteiger partial charge on any atom is -0.383 e. The highest BCUT2D eigenvalue weighted by atomic mass is 16.5. The van der Waals surface area contributed by atoms with Crippen molar-refractivity contribution in [2.75, 3.05) is 40.4 Å². The van der Waals surface area contributed by atoms with Gasteiger partial charge in [0.15, 0.2) is 0 Å². The molecule has 1 fully saturated rings. The smallest absolute Gasteiger partial charge is 0.222 e. The lowest BCUT2D eigenvalue weighted by Crippen LogP contribution is -2.38. The zero-order chi connectivity index (χ0) is 17.4. The average Bonchev–Trinajstić information content (AvgIpc) is 2.61. The molecule has 0 aromatic heterocycles. The van der Waals surface area contributed by atoms with E-state index in [0.717, 1.165) is 52.0 Å². The van der Waals surface area contributed by atoms with Gasteiger partial charge in [-0.1, -0.05) is 31.2 Å². The summed E-state index contributed by atoms with van der Waals surface area (Å²) in [7, 11) is 3.86. The summed E-state index contributed by atoms with van der Waals surface area (Å²) >= 11 is 0. The Bertz CT molecular complexity index is 493. The number of methoxy groups -OCH3 is 1. The first-order chi connectivity index (χ1) is 11.6. The Hall–Kier alpha value is -1.39. The van der Waals surface area contributed by atoms with Crippen molar-refractivity contribution in [2.45, 2.75) is 39.2 Å². The van der Waals surface area contributed by atoms with E-state index in [9.17, 15) is 4.79 Å². The summed E-state index contributed by atoms with van der Waals surface area (Å²) in [5.41, 5.74) is 2.76. The standard InChI is InChI=1S/C20H32N2O2/c1-4-20(23)22-11-9-18(10-12-22)15-17-5-7-19(8-6-17)16-21(2)13-14-24-3/h5-8,18H,4,9-16H2,1-3H3. The Morgan fingerprint density at radius 2 is 1.83 bits per heavy atom. The Kier molecular flexibility index (Phi) is 7.73. The van der Waals surface area contributed by atoms with Crippen LogP contribution in [0.2, 0.25) is 0 Å². The normalized spacial score (nSPS) is 15.9. The van der Waals surface area contributed by atoms with E-state index in [1.54, 1.807) is 7.11 Å². The predicted molar refractivity (Wildman–Crippen MR) is 98.0 cm³/mol. The SMILES string of the molecule is CCC(=O)N1CCC(Cc2ccc(CN(C)CCOC)cc2)CC1. The van der Waals surface area contributed by atoms with Crippen LogP contribution in [0.4, 0.5) is 0 Å². The van der Waals surface area contributed by atoms with Crippen LogP contribution in [-0.2, 0) is 22.5 Å². The molecule has 134 valence electrons. The number of ether oxygens (including phenoxy) is 1. The molecule has 1 saturated heterocycles. The number of carbonyl (C=O) groups excluding carboxylic acids is 1. The molecule has 0 aliphatic carbocycles. The molecule has 24 heavy (non-hydrogen) atoms. The van der Waals surface area contributed by atoms with Crippen molar-refractivity contribution in [3.8, 4) is 0 Å².